The normalized spacial score (nSPS) is 26.0. The van der Waals surface area contributed by atoms with E-state index < -0.39 is 0 Å². The number of hydrogen-bond acceptors (Lipinski definition) is 2. The molecule has 0 saturated carbocycles. The molecule has 1 heterocycles. The van der Waals surface area contributed by atoms with Crippen LogP contribution in [0.2, 0.25) is 0 Å². The van der Waals surface area contributed by atoms with E-state index in [4.69, 9.17) is 4.18 Å². The zero-order valence-electron chi connectivity index (χ0n) is 4.47. The first-order valence-corrected chi connectivity index (χ1v) is 3.03. The summed E-state index contributed by atoms with van der Waals surface area (Å²) in [6, 6.07) is 0. The monoisotopic (exact) mass is 116 g/mol. The third-order valence-corrected chi connectivity index (χ3v) is 1.56. The lowest BCUT2D eigenvalue weighted by Crippen LogP contribution is -2.12. The van der Waals surface area contributed by atoms with Gasteiger partial charge < -0.3 is 4.18 Å². The Hall–Kier alpha value is 0.0500. The lowest BCUT2D eigenvalue weighted by atomic mass is 10.1. The second-order valence-corrected chi connectivity index (χ2v) is 2.72. The van der Waals surface area contributed by atoms with E-state index in [9.17, 15) is 0 Å². The van der Waals surface area contributed by atoms with Crippen LogP contribution in [0.1, 0.15) is 13.8 Å². The molecule has 0 aromatic rings. The first-order chi connectivity index (χ1) is 3.21. The van der Waals surface area contributed by atoms with E-state index in [2.05, 4.69) is 0 Å². The number of hydrogen-bond donors (Lipinski definition) is 0. The highest BCUT2D eigenvalue weighted by Gasteiger charge is 2.18. The maximum Gasteiger partial charge on any atom is 0.0966 e. The summed E-state index contributed by atoms with van der Waals surface area (Å²) < 4.78 is 5.15. The summed E-state index contributed by atoms with van der Waals surface area (Å²) in [5, 5.41) is 1.96. The molecule has 0 aromatic carbocycles. The van der Waals surface area contributed by atoms with Gasteiger partial charge in [-0.05, 0) is 25.3 Å². The third-order valence-electron chi connectivity index (χ3n) is 0.788. The lowest BCUT2D eigenvalue weighted by molar-refractivity contribution is 0.209. The van der Waals surface area contributed by atoms with Gasteiger partial charge in [0.15, 0.2) is 0 Å². The van der Waals surface area contributed by atoms with Crippen molar-refractivity contribution in [3.63, 3.8) is 0 Å². The van der Waals surface area contributed by atoms with Crippen LogP contribution in [-0.2, 0) is 4.18 Å². The van der Waals surface area contributed by atoms with Crippen molar-refractivity contribution in [2.75, 3.05) is 0 Å². The summed E-state index contributed by atoms with van der Waals surface area (Å²) in [7, 11) is 0. The van der Waals surface area contributed by atoms with Crippen LogP contribution in [0.15, 0.2) is 11.5 Å². The smallest absolute Gasteiger partial charge is 0.0966 e. The van der Waals surface area contributed by atoms with Crippen molar-refractivity contribution in [1.29, 1.82) is 0 Å². The summed E-state index contributed by atoms with van der Waals surface area (Å²) in [5.74, 6) is 0. The summed E-state index contributed by atoms with van der Waals surface area (Å²) in [4.78, 5) is 0. The molecule has 1 rings (SSSR count). The van der Waals surface area contributed by atoms with Gasteiger partial charge in [0, 0.05) is 12.0 Å². The van der Waals surface area contributed by atoms with Gasteiger partial charge in [0.25, 0.3) is 0 Å². The Kier molecular flexibility index (Phi) is 1.13. The molecule has 2 heteroatoms. The van der Waals surface area contributed by atoms with Crippen LogP contribution in [0, 0.1) is 0 Å². The van der Waals surface area contributed by atoms with Crippen LogP contribution in [-0.4, -0.2) is 5.60 Å². The minimum Gasteiger partial charge on any atom is -0.301 e. The maximum atomic E-state index is 5.15. The summed E-state index contributed by atoms with van der Waals surface area (Å²) in [6.45, 7) is 4.06. The average Bonchev–Trinajstić information content (AvgIpc) is 1.84. The quantitative estimate of drug-likeness (QED) is 0.447. The fourth-order valence-corrected chi connectivity index (χ4v) is 1.11. The highest BCUT2D eigenvalue weighted by atomic mass is 32.2. The predicted octanol–water partition coefficient (Wildman–Crippen LogP) is 1.96. The van der Waals surface area contributed by atoms with Gasteiger partial charge in [0.05, 0.1) is 5.60 Å². The molecule has 0 spiro atoms. The minimum absolute atomic E-state index is 0.0231. The fourth-order valence-electron chi connectivity index (χ4n) is 0.371. The zero-order chi connectivity index (χ0) is 5.33. The van der Waals surface area contributed by atoms with Crippen LogP contribution >= 0.6 is 12.0 Å². The molecule has 0 radical (unpaired) electrons. The van der Waals surface area contributed by atoms with Gasteiger partial charge in [0.1, 0.15) is 0 Å². The van der Waals surface area contributed by atoms with Gasteiger partial charge >= 0.3 is 0 Å². The SMILES string of the molecule is CC1(C)C=CSO1. The van der Waals surface area contributed by atoms with E-state index in [0.717, 1.165) is 0 Å². The molecule has 0 aliphatic carbocycles. The van der Waals surface area contributed by atoms with Gasteiger partial charge in [-0.1, -0.05) is 0 Å². The van der Waals surface area contributed by atoms with Crippen molar-refractivity contribution in [2.24, 2.45) is 0 Å². The molecule has 1 nitrogen and oxygen atoms in total. The van der Waals surface area contributed by atoms with Crippen LogP contribution in [0.4, 0.5) is 0 Å². The largest absolute Gasteiger partial charge is 0.301 e. The van der Waals surface area contributed by atoms with Gasteiger partial charge in [-0.25, -0.2) is 0 Å². The Morgan fingerprint density at radius 1 is 1.57 bits per heavy atom. The van der Waals surface area contributed by atoms with E-state index in [1.807, 2.05) is 25.3 Å². The van der Waals surface area contributed by atoms with Crippen LogP contribution in [0.3, 0.4) is 0 Å². The average molecular weight is 116 g/mol. The van der Waals surface area contributed by atoms with Crippen molar-refractivity contribution in [2.45, 2.75) is 19.4 Å². The fraction of sp³-hybridized carbons (Fsp3) is 0.600. The molecule has 0 saturated heterocycles. The Morgan fingerprint density at radius 3 is 2.43 bits per heavy atom. The first kappa shape index (κ1) is 5.19. The van der Waals surface area contributed by atoms with E-state index in [1.165, 1.54) is 12.0 Å². The molecule has 0 unspecified atom stereocenters. The van der Waals surface area contributed by atoms with E-state index in [1.54, 1.807) is 0 Å². The van der Waals surface area contributed by atoms with Crippen molar-refractivity contribution in [3.8, 4) is 0 Å². The molecule has 0 aromatic heterocycles. The lowest BCUT2D eigenvalue weighted by Gasteiger charge is -2.10. The van der Waals surface area contributed by atoms with E-state index in [0.29, 0.717) is 0 Å². The molecule has 1 aliphatic heterocycles. The van der Waals surface area contributed by atoms with Gasteiger partial charge in [-0.2, -0.15) is 0 Å². The molecular weight excluding hydrogens is 108 g/mol. The molecule has 0 bridgehead atoms. The van der Waals surface area contributed by atoms with Crippen molar-refractivity contribution in [1.82, 2.24) is 0 Å². The third kappa shape index (κ3) is 1.21. The van der Waals surface area contributed by atoms with Crippen LogP contribution in [0.5, 0.6) is 0 Å². The Balaban J connectivity index is 2.57. The van der Waals surface area contributed by atoms with Gasteiger partial charge in [-0.15, -0.1) is 0 Å². The summed E-state index contributed by atoms with van der Waals surface area (Å²) in [6.07, 6.45) is 2.04. The highest BCUT2D eigenvalue weighted by Crippen LogP contribution is 2.27. The standard InChI is InChI=1S/C5H8OS/c1-5(2)3-4-7-6-5/h3-4H,1-2H3. The molecule has 1 aliphatic rings. The first-order valence-electron chi connectivity index (χ1n) is 2.23. The molecule has 0 fully saturated rings. The summed E-state index contributed by atoms with van der Waals surface area (Å²) >= 11 is 1.40. The van der Waals surface area contributed by atoms with E-state index in [-0.39, 0.29) is 5.60 Å². The topological polar surface area (TPSA) is 9.23 Å². The highest BCUT2D eigenvalue weighted by molar-refractivity contribution is 7.97. The second kappa shape index (κ2) is 1.53. The second-order valence-electron chi connectivity index (χ2n) is 2.09. The van der Waals surface area contributed by atoms with Crippen LogP contribution in [0.25, 0.3) is 0 Å². The Labute approximate surface area is 47.9 Å². The zero-order valence-corrected chi connectivity index (χ0v) is 5.29. The molecule has 7 heavy (non-hydrogen) atoms. The molecule has 0 amide bonds. The molecular formula is C5H8OS. The van der Waals surface area contributed by atoms with Gasteiger partial charge in [0.2, 0.25) is 0 Å². The predicted molar refractivity (Wildman–Crippen MR) is 31.9 cm³/mol. The maximum absolute atomic E-state index is 5.15. The Bertz CT molecular complexity index is 96.3. The van der Waals surface area contributed by atoms with Crippen molar-refractivity contribution >= 4 is 12.0 Å². The van der Waals surface area contributed by atoms with Gasteiger partial charge in [-0.3, -0.25) is 0 Å². The minimum atomic E-state index is -0.0231. The van der Waals surface area contributed by atoms with Crippen molar-refractivity contribution in [3.05, 3.63) is 11.5 Å². The molecule has 0 N–H and O–H groups in total. The van der Waals surface area contributed by atoms with E-state index >= 15 is 0 Å². The van der Waals surface area contributed by atoms with Crippen molar-refractivity contribution < 1.29 is 4.18 Å². The van der Waals surface area contributed by atoms with Crippen LogP contribution < -0.4 is 0 Å². The number of rotatable bonds is 0. The summed E-state index contributed by atoms with van der Waals surface area (Å²) in [5.41, 5.74) is -0.0231. The molecule has 40 valence electrons. The molecule has 0 atom stereocenters. The Morgan fingerprint density at radius 2 is 2.29 bits per heavy atom.